The van der Waals surface area contributed by atoms with Crippen molar-refractivity contribution in [2.24, 2.45) is 0 Å². The molecule has 0 saturated heterocycles. The zero-order chi connectivity index (χ0) is 17.7. The van der Waals surface area contributed by atoms with Gasteiger partial charge >= 0.3 is 0 Å². The minimum absolute atomic E-state index is 0.0497. The molecule has 0 amide bonds. The largest absolute Gasteiger partial charge is 0.373 e. The quantitative estimate of drug-likeness (QED) is 0.685. The lowest BCUT2D eigenvalue weighted by atomic mass is 9.76. The lowest BCUT2D eigenvalue weighted by Gasteiger charge is -2.35. The predicted molar refractivity (Wildman–Crippen MR) is 111 cm³/mol. The number of hydrogen-bond donors (Lipinski definition) is 1. The Kier molecular flexibility index (Phi) is 3.49. The minimum atomic E-state index is -0.0497. The zero-order valence-corrected chi connectivity index (χ0v) is 14.9. The molecule has 1 N–H and O–H groups in total. The highest BCUT2D eigenvalue weighted by Gasteiger charge is 2.34. The van der Waals surface area contributed by atoms with Crippen LogP contribution in [0.2, 0.25) is 0 Å². The van der Waals surface area contributed by atoms with E-state index in [0.717, 1.165) is 24.1 Å². The van der Waals surface area contributed by atoms with E-state index in [-0.39, 0.29) is 6.04 Å². The van der Waals surface area contributed by atoms with Crippen LogP contribution in [0.15, 0.2) is 66.2 Å². The fourth-order valence-electron chi connectivity index (χ4n) is 4.50. The van der Waals surface area contributed by atoms with Crippen LogP contribution >= 0.6 is 0 Å². The van der Waals surface area contributed by atoms with Gasteiger partial charge in [0, 0.05) is 23.2 Å². The van der Waals surface area contributed by atoms with Crippen LogP contribution in [0.4, 0.5) is 5.69 Å². The molecule has 5 rings (SSSR count). The maximum absolute atomic E-state index is 12.9. The van der Waals surface area contributed by atoms with Crippen LogP contribution in [0, 0.1) is 0 Å². The average molecular weight is 337 g/mol. The highest BCUT2D eigenvalue weighted by atomic mass is 16.1. The van der Waals surface area contributed by atoms with E-state index in [9.17, 15) is 4.79 Å². The van der Waals surface area contributed by atoms with Gasteiger partial charge in [-0.05, 0) is 40.8 Å². The standard InChI is InChI=1S/C23H20BNO/c24-16-7-3-6-15(13-16)23-22-18(9-4-10-20(22)26)21-17-8-2-1-5-14(17)11-12-19(21)25-23/h1-3,5-8,11-13,23,25H,4,9-10,24H2. The van der Waals surface area contributed by atoms with Crippen molar-refractivity contribution < 1.29 is 4.79 Å². The van der Waals surface area contributed by atoms with Crippen molar-refractivity contribution in [1.82, 2.24) is 0 Å². The molecule has 0 saturated carbocycles. The molecule has 1 aliphatic carbocycles. The van der Waals surface area contributed by atoms with Crippen molar-refractivity contribution in [3.63, 3.8) is 0 Å². The first kappa shape index (κ1) is 15.4. The molecule has 26 heavy (non-hydrogen) atoms. The maximum atomic E-state index is 12.9. The smallest absolute Gasteiger partial charge is 0.161 e. The molecule has 2 aliphatic rings. The summed E-state index contributed by atoms with van der Waals surface area (Å²) >= 11 is 0. The summed E-state index contributed by atoms with van der Waals surface area (Å²) < 4.78 is 0. The SMILES string of the molecule is Bc1cccc(C2Nc3ccc4ccccc4c3C3=C2C(=O)CCC3)c1. The number of Topliss-reactive ketones (excluding diaryl/α,β-unsaturated/α-hetero) is 1. The van der Waals surface area contributed by atoms with E-state index in [2.05, 4.69) is 73.8 Å². The second-order valence-corrected chi connectivity index (χ2v) is 7.37. The summed E-state index contributed by atoms with van der Waals surface area (Å²) in [6, 6.07) is 21.3. The normalized spacial score (nSPS) is 19.1. The minimum Gasteiger partial charge on any atom is -0.373 e. The van der Waals surface area contributed by atoms with E-state index < -0.39 is 0 Å². The van der Waals surface area contributed by atoms with Gasteiger partial charge < -0.3 is 5.32 Å². The van der Waals surface area contributed by atoms with E-state index in [0.29, 0.717) is 12.2 Å². The van der Waals surface area contributed by atoms with Gasteiger partial charge in [-0.15, -0.1) is 0 Å². The zero-order valence-electron chi connectivity index (χ0n) is 14.9. The summed E-state index contributed by atoms with van der Waals surface area (Å²) in [6.07, 6.45) is 2.58. The van der Waals surface area contributed by atoms with E-state index in [1.807, 2.05) is 0 Å². The fourth-order valence-corrected chi connectivity index (χ4v) is 4.50. The number of fused-ring (bicyclic) bond motifs is 4. The third-order valence-corrected chi connectivity index (χ3v) is 5.65. The van der Waals surface area contributed by atoms with Gasteiger partial charge in [0.05, 0.1) is 6.04 Å². The van der Waals surface area contributed by atoms with Gasteiger partial charge in [0.25, 0.3) is 0 Å². The summed E-state index contributed by atoms with van der Waals surface area (Å²) in [7, 11) is 2.10. The Morgan fingerprint density at radius 2 is 1.85 bits per heavy atom. The molecule has 0 spiro atoms. The number of rotatable bonds is 1. The third-order valence-electron chi connectivity index (χ3n) is 5.65. The molecule has 1 heterocycles. The van der Waals surface area contributed by atoms with Crippen molar-refractivity contribution in [3.8, 4) is 0 Å². The highest BCUT2D eigenvalue weighted by molar-refractivity contribution is 6.32. The molecule has 3 heteroatoms. The van der Waals surface area contributed by atoms with Gasteiger partial charge in [0.15, 0.2) is 5.78 Å². The second kappa shape index (κ2) is 5.88. The van der Waals surface area contributed by atoms with E-state index in [1.54, 1.807) is 0 Å². The number of hydrogen-bond acceptors (Lipinski definition) is 2. The van der Waals surface area contributed by atoms with Crippen molar-refractivity contribution >= 4 is 41.1 Å². The molecular formula is C23H20BNO. The Morgan fingerprint density at radius 3 is 2.73 bits per heavy atom. The average Bonchev–Trinajstić information content (AvgIpc) is 2.67. The van der Waals surface area contributed by atoms with Crippen LogP contribution in [0.3, 0.4) is 0 Å². The number of anilines is 1. The Bertz CT molecular complexity index is 1080. The Labute approximate surface area is 154 Å². The molecule has 0 aromatic heterocycles. The van der Waals surface area contributed by atoms with Gasteiger partial charge in [0.1, 0.15) is 7.85 Å². The summed E-state index contributed by atoms with van der Waals surface area (Å²) in [5.41, 5.74) is 6.99. The predicted octanol–water partition coefficient (Wildman–Crippen LogP) is 3.77. The first-order valence-electron chi connectivity index (χ1n) is 9.34. The number of benzene rings is 3. The van der Waals surface area contributed by atoms with Gasteiger partial charge in [-0.2, -0.15) is 0 Å². The molecule has 2 nitrogen and oxygen atoms in total. The van der Waals surface area contributed by atoms with Crippen LogP contribution in [0.5, 0.6) is 0 Å². The second-order valence-electron chi connectivity index (χ2n) is 7.37. The maximum Gasteiger partial charge on any atom is 0.161 e. The summed E-state index contributed by atoms with van der Waals surface area (Å²) in [6.45, 7) is 0. The van der Waals surface area contributed by atoms with Gasteiger partial charge in [-0.25, -0.2) is 0 Å². The number of carbonyl (C=O) groups is 1. The molecule has 0 radical (unpaired) electrons. The lowest BCUT2D eigenvalue weighted by molar-refractivity contribution is -0.116. The number of allylic oxidation sites excluding steroid dienone is 1. The fraction of sp³-hybridized carbons (Fsp3) is 0.174. The first-order valence-corrected chi connectivity index (χ1v) is 9.34. The van der Waals surface area contributed by atoms with Gasteiger partial charge in [0.2, 0.25) is 0 Å². The molecule has 3 aromatic rings. The van der Waals surface area contributed by atoms with Crippen LogP contribution < -0.4 is 10.8 Å². The molecule has 3 aromatic carbocycles. The monoisotopic (exact) mass is 337 g/mol. The molecule has 1 aliphatic heterocycles. The van der Waals surface area contributed by atoms with E-state index in [1.165, 1.54) is 32.9 Å². The highest BCUT2D eigenvalue weighted by Crippen LogP contribution is 2.47. The molecule has 0 bridgehead atoms. The van der Waals surface area contributed by atoms with Crippen LogP contribution in [0.25, 0.3) is 16.3 Å². The van der Waals surface area contributed by atoms with E-state index >= 15 is 0 Å². The van der Waals surface area contributed by atoms with Crippen molar-refractivity contribution in [2.45, 2.75) is 25.3 Å². The molecule has 126 valence electrons. The Balaban J connectivity index is 1.79. The summed E-state index contributed by atoms with van der Waals surface area (Å²) in [5.74, 6) is 0.295. The molecule has 1 unspecified atom stereocenters. The lowest BCUT2D eigenvalue weighted by Crippen LogP contribution is -2.27. The van der Waals surface area contributed by atoms with Crippen LogP contribution in [-0.4, -0.2) is 13.6 Å². The van der Waals surface area contributed by atoms with Crippen LogP contribution in [0.1, 0.15) is 36.4 Å². The Morgan fingerprint density at radius 1 is 0.962 bits per heavy atom. The Hall–Kier alpha value is -2.81. The molecule has 0 fully saturated rings. The number of ketones is 1. The van der Waals surface area contributed by atoms with Crippen molar-refractivity contribution in [1.29, 1.82) is 0 Å². The molecule has 1 atom stereocenters. The number of nitrogens with one attached hydrogen (secondary N) is 1. The first-order chi connectivity index (χ1) is 12.7. The van der Waals surface area contributed by atoms with E-state index in [4.69, 9.17) is 0 Å². The van der Waals surface area contributed by atoms with Gasteiger partial charge in [-0.1, -0.05) is 60.1 Å². The van der Waals surface area contributed by atoms with Crippen LogP contribution in [-0.2, 0) is 4.79 Å². The summed E-state index contributed by atoms with van der Waals surface area (Å²) in [4.78, 5) is 12.9. The topological polar surface area (TPSA) is 29.1 Å². The summed E-state index contributed by atoms with van der Waals surface area (Å²) in [5, 5.41) is 6.15. The van der Waals surface area contributed by atoms with Crippen molar-refractivity contribution in [2.75, 3.05) is 5.32 Å². The third kappa shape index (κ3) is 2.31. The van der Waals surface area contributed by atoms with Gasteiger partial charge in [-0.3, -0.25) is 4.79 Å². The van der Waals surface area contributed by atoms with Crippen molar-refractivity contribution in [3.05, 3.63) is 77.4 Å². The molecular weight excluding hydrogens is 317 g/mol. The number of carbonyl (C=O) groups excluding carboxylic acids is 1.